The van der Waals surface area contributed by atoms with Gasteiger partial charge in [0.25, 0.3) is 5.91 Å². The van der Waals surface area contributed by atoms with Crippen LogP contribution in [0.2, 0.25) is 0 Å². The van der Waals surface area contributed by atoms with Gasteiger partial charge in [0.15, 0.2) is 0 Å². The van der Waals surface area contributed by atoms with Gasteiger partial charge < -0.3 is 5.32 Å². The molecule has 146 valence electrons. The average Bonchev–Trinajstić information content (AvgIpc) is 3.36. The highest BCUT2D eigenvalue weighted by atomic mass is 32.1. The first-order valence-electron chi connectivity index (χ1n) is 9.16. The normalized spacial score (nSPS) is 12.0. The molecular weight excluding hydrogens is 387 g/mol. The quantitative estimate of drug-likeness (QED) is 0.511. The van der Waals surface area contributed by atoms with Crippen LogP contribution in [0, 0.1) is 12.7 Å². The second kappa shape index (κ2) is 7.97. The second-order valence-corrected chi connectivity index (χ2v) is 7.67. The van der Waals surface area contributed by atoms with Crippen LogP contribution in [-0.2, 0) is 0 Å². The summed E-state index contributed by atoms with van der Waals surface area (Å²) in [6.45, 7) is 3.89. The van der Waals surface area contributed by atoms with Crippen molar-refractivity contribution in [3.63, 3.8) is 0 Å². The largest absolute Gasteiger partial charge is 0.345 e. The van der Waals surface area contributed by atoms with Crippen LogP contribution in [0.5, 0.6) is 0 Å². The number of aromatic nitrogens is 3. The number of carbonyl (C=O) groups is 1. The summed E-state index contributed by atoms with van der Waals surface area (Å²) in [6.07, 6.45) is 3.25. The van der Waals surface area contributed by atoms with Gasteiger partial charge in [-0.1, -0.05) is 30.3 Å². The highest BCUT2D eigenvalue weighted by Gasteiger charge is 2.19. The molecule has 0 aliphatic heterocycles. The zero-order valence-corrected chi connectivity index (χ0v) is 16.8. The van der Waals surface area contributed by atoms with Crippen molar-refractivity contribution in [2.24, 2.45) is 0 Å². The summed E-state index contributed by atoms with van der Waals surface area (Å²) in [6, 6.07) is 16.0. The van der Waals surface area contributed by atoms with E-state index in [0.717, 1.165) is 16.9 Å². The minimum atomic E-state index is -0.355. The Morgan fingerprint density at radius 3 is 2.59 bits per heavy atom. The number of benzene rings is 2. The smallest absolute Gasteiger partial charge is 0.263 e. The fourth-order valence-corrected chi connectivity index (χ4v) is 4.01. The molecule has 0 spiro atoms. The number of halogens is 1. The number of nitrogens with zero attached hydrogens (tertiary/aromatic N) is 3. The molecule has 29 heavy (non-hydrogen) atoms. The van der Waals surface area contributed by atoms with Crippen molar-refractivity contribution in [2.75, 3.05) is 0 Å². The molecule has 1 unspecified atom stereocenters. The summed E-state index contributed by atoms with van der Waals surface area (Å²) in [5.41, 5.74) is 3.25. The zero-order valence-electron chi connectivity index (χ0n) is 16.0. The van der Waals surface area contributed by atoms with E-state index in [1.807, 2.05) is 48.9 Å². The van der Waals surface area contributed by atoms with E-state index in [9.17, 15) is 9.18 Å². The molecule has 2 aromatic carbocycles. The molecule has 7 heteroatoms. The van der Waals surface area contributed by atoms with Crippen molar-refractivity contribution < 1.29 is 9.18 Å². The summed E-state index contributed by atoms with van der Waals surface area (Å²) in [5, 5.41) is 7.92. The third kappa shape index (κ3) is 3.82. The Morgan fingerprint density at radius 2 is 1.83 bits per heavy atom. The Morgan fingerprint density at radius 1 is 1.10 bits per heavy atom. The molecular formula is C22H19FN4OS. The number of hydrogen-bond acceptors (Lipinski definition) is 4. The van der Waals surface area contributed by atoms with Gasteiger partial charge in [0.2, 0.25) is 0 Å². The van der Waals surface area contributed by atoms with Crippen molar-refractivity contribution in [1.29, 1.82) is 0 Å². The van der Waals surface area contributed by atoms with Crippen molar-refractivity contribution >= 4 is 17.2 Å². The molecule has 0 radical (unpaired) electrons. The molecule has 0 aliphatic rings. The van der Waals surface area contributed by atoms with Crippen molar-refractivity contribution in [3.8, 4) is 16.3 Å². The maximum absolute atomic E-state index is 14.0. The van der Waals surface area contributed by atoms with Crippen molar-refractivity contribution in [2.45, 2.75) is 19.9 Å². The van der Waals surface area contributed by atoms with E-state index in [-0.39, 0.29) is 17.8 Å². The molecule has 1 N–H and O–H groups in total. The molecule has 4 aromatic rings. The van der Waals surface area contributed by atoms with E-state index in [1.165, 1.54) is 23.6 Å². The van der Waals surface area contributed by atoms with E-state index in [2.05, 4.69) is 15.4 Å². The van der Waals surface area contributed by atoms with Gasteiger partial charge in [0.05, 0.1) is 24.1 Å². The third-order valence-corrected chi connectivity index (χ3v) is 5.73. The van der Waals surface area contributed by atoms with Crippen LogP contribution < -0.4 is 5.32 Å². The van der Waals surface area contributed by atoms with Crippen LogP contribution in [-0.4, -0.2) is 20.7 Å². The second-order valence-electron chi connectivity index (χ2n) is 6.64. The average molecular weight is 406 g/mol. The predicted molar refractivity (Wildman–Crippen MR) is 112 cm³/mol. The van der Waals surface area contributed by atoms with Crippen LogP contribution in [0.1, 0.15) is 33.9 Å². The SMILES string of the molecule is Cc1c(C(C)NC(=O)c2cnc(-c3ccccc3F)s2)cnn1-c1ccccc1. The van der Waals surface area contributed by atoms with Gasteiger partial charge in [-0.2, -0.15) is 5.10 Å². The maximum Gasteiger partial charge on any atom is 0.263 e. The van der Waals surface area contributed by atoms with E-state index in [4.69, 9.17) is 0 Å². The van der Waals surface area contributed by atoms with Gasteiger partial charge in [0, 0.05) is 16.8 Å². The number of thiazole rings is 1. The summed E-state index contributed by atoms with van der Waals surface area (Å²) in [5.74, 6) is -0.601. The lowest BCUT2D eigenvalue weighted by molar-refractivity contribution is 0.0943. The summed E-state index contributed by atoms with van der Waals surface area (Å²) in [7, 11) is 0. The molecule has 1 amide bonds. The third-order valence-electron chi connectivity index (χ3n) is 4.70. The Balaban J connectivity index is 1.51. The zero-order chi connectivity index (χ0) is 20.4. The van der Waals surface area contributed by atoms with Crippen molar-refractivity contribution in [3.05, 3.63) is 88.9 Å². The fraction of sp³-hybridized carbons (Fsp3) is 0.136. The number of rotatable bonds is 5. The lowest BCUT2D eigenvalue weighted by Gasteiger charge is -2.13. The molecule has 0 fully saturated rings. The monoisotopic (exact) mass is 406 g/mol. The van der Waals surface area contributed by atoms with Crippen LogP contribution in [0.15, 0.2) is 67.0 Å². The number of carbonyl (C=O) groups excluding carboxylic acids is 1. The topological polar surface area (TPSA) is 59.8 Å². The van der Waals surface area contributed by atoms with Crippen LogP contribution >= 0.6 is 11.3 Å². The Bertz CT molecular complexity index is 1150. The molecule has 0 saturated heterocycles. The van der Waals surface area contributed by atoms with E-state index in [0.29, 0.717) is 15.4 Å². The first kappa shape index (κ1) is 19.0. The van der Waals surface area contributed by atoms with Crippen LogP contribution in [0.25, 0.3) is 16.3 Å². The number of hydrogen-bond donors (Lipinski definition) is 1. The Hall–Kier alpha value is -3.32. The van der Waals surface area contributed by atoms with Gasteiger partial charge in [-0.3, -0.25) is 4.79 Å². The van der Waals surface area contributed by atoms with Crippen LogP contribution in [0.4, 0.5) is 4.39 Å². The standard InChI is InChI=1S/C22H19FN4OS/c1-14(18-12-25-27(15(18)2)16-8-4-3-5-9-16)26-21(28)20-13-24-22(29-20)17-10-6-7-11-19(17)23/h3-14H,1-2H3,(H,26,28). The molecule has 4 rings (SSSR count). The number of para-hydroxylation sites is 1. The molecule has 1 atom stereocenters. The number of nitrogens with one attached hydrogen (secondary N) is 1. The highest BCUT2D eigenvalue weighted by Crippen LogP contribution is 2.28. The van der Waals surface area contributed by atoms with Gasteiger partial charge in [-0.05, 0) is 38.1 Å². The first-order chi connectivity index (χ1) is 14.0. The molecule has 0 aliphatic carbocycles. The molecule has 0 bridgehead atoms. The number of amides is 1. The lowest BCUT2D eigenvalue weighted by Crippen LogP contribution is -2.26. The van der Waals surface area contributed by atoms with E-state index >= 15 is 0 Å². The Labute approximate surface area is 171 Å². The van der Waals surface area contributed by atoms with Gasteiger partial charge in [-0.25, -0.2) is 14.1 Å². The lowest BCUT2D eigenvalue weighted by atomic mass is 10.1. The molecule has 2 aromatic heterocycles. The first-order valence-corrected chi connectivity index (χ1v) is 9.98. The maximum atomic E-state index is 14.0. The minimum Gasteiger partial charge on any atom is -0.345 e. The highest BCUT2D eigenvalue weighted by molar-refractivity contribution is 7.16. The molecule has 5 nitrogen and oxygen atoms in total. The Kier molecular flexibility index (Phi) is 5.22. The summed E-state index contributed by atoms with van der Waals surface area (Å²) >= 11 is 1.17. The predicted octanol–water partition coefficient (Wildman–Crippen LogP) is 4.93. The van der Waals surface area contributed by atoms with E-state index in [1.54, 1.807) is 24.4 Å². The fourth-order valence-electron chi connectivity index (χ4n) is 3.16. The van der Waals surface area contributed by atoms with E-state index < -0.39 is 0 Å². The van der Waals surface area contributed by atoms with Gasteiger partial charge in [-0.15, -0.1) is 11.3 Å². The van der Waals surface area contributed by atoms with Gasteiger partial charge in [0.1, 0.15) is 15.7 Å². The summed E-state index contributed by atoms with van der Waals surface area (Å²) < 4.78 is 15.8. The molecule has 2 heterocycles. The van der Waals surface area contributed by atoms with Crippen LogP contribution in [0.3, 0.4) is 0 Å². The van der Waals surface area contributed by atoms with Crippen molar-refractivity contribution in [1.82, 2.24) is 20.1 Å². The summed E-state index contributed by atoms with van der Waals surface area (Å²) in [4.78, 5) is 17.3. The van der Waals surface area contributed by atoms with Gasteiger partial charge >= 0.3 is 0 Å². The minimum absolute atomic E-state index is 0.237. The molecule has 0 saturated carbocycles.